The highest BCUT2D eigenvalue weighted by atomic mass is 16.5. The van der Waals surface area contributed by atoms with E-state index in [4.69, 9.17) is 4.74 Å². The summed E-state index contributed by atoms with van der Waals surface area (Å²) < 4.78 is 7.40. The molecule has 0 aliphatic carbocycles. The summed E-state index contributed by atoms with van der Waals surface area (Å²) in [6.07, 6.45) is 0. The van der Waals surface area contributed by atoms with Gasteiger partial charge in [0.15, 0.2) is 0 Å². The van der Waals surface area contributed by atoms with Crippen LogP contribution in [-0.2, 0) is 6.54 Å². The Morgan fingerprint density at radius 3 is 2.53 bits per heavy atom. The molecule has 0 spiro atoms. The minimum Gasteiger partial charge on any atom is -0.481 e. The van der Waals surface area contributed by atoms with Gasteiger partial charge in [0, 0.05) is 12.6 Å². The van der Waals surface area contributed by atoms with E-state index in [0.29, 0.717) is 6.04 Å². The molecule has 0 saturated carbocycles. The topological polar surface area (TPSA) is 39.1 Å². The zero-order valence-electron chi connectivity index (χ0n) is 12.0. The molecule has 4 heteroatoms. The lowest BCUT2D eigenvalue weighted by Crippen LogP contribution is -2.22. The Kier molecular flexibility index (Phi) is 4.22. The van der Waals surface area contributed by atoms with Gasteiger partial charge in [0.2, 0.25) is 5.88 Å². The molecule has 0 aliphatic heterocycles. The van der Waals surface area contributed by atoms with E-state index in [9.17, 15) is 0 Å². The van der Waals surface area contributed by atoms with Crippen molar-refractivity contribution in [1.82, 2.24) is 15.1 Å². The summed E-state index contributed by atoms with van der Waals surface area (Å²) in [6.45, 7) is 7.03. The van der Waals surface area contributed by atoms with Gasteiger partial charge in [-0.1, -0.05) is 32.0 Å². The molecule has 0 bridgehead atoms. The quantitative estimate of drug-likeness (QED) is 0.897. The molecule has 0 saturated heterocycles. The molecule has 1 aromatic carbocycles. The smallest absolute Gasteiger partial charge is 0.221 e. The number of ether oxygens (including phenoxy) is 1. The first kappa shape index (κ1) is 13.6. The van der Waals surface area contributed by atoms with Crippen LogP contribution in [0, 0.1) is 6.92 Å². The van der Waals surface area contributed by atoms with E-state index < -0.39 is 0 Å². The number of nitrogens with zero attached hydrogens (tertiary/aromatic N) is 2. The summed E-state index contributed by atoms with van der Waals surface area (Å²) >= 11 is 0. The lowest BCUT2D eigenvalue weighted by Gasteiger charge is -2.10. The molecule has 4 nitrogen and oxygen atoms in total. The summed E-state index contributed by atoms with van der Waals surface area (Å²) in [4.78, 5) is 0. The SMILES string of the molecule is COc1c(CNC(C)C)c(C)nn1-c1ccccc1. The van der Waals surface area contributed by atoms with Crippen LogP contribution in [0.3, 0.4) is 0 Å². The molecule has 0 unspecified atom stereocenters. The average molecular weight is 259 g/mol. The van der Waals surface area contributed by atoms with Crippen molar-refractivity contribution in [1.29, 1.82) is 0 Å². The molecule has 0 atom stereocenters. The summed E-state index contributed by atoms with van der Waals surface area (Å²) in [5, 5.41) is 7.99. The Hall–Kier alpha value is -1.81. The first-order chi connectivity index (χ1) is 9.13. The molecule has 0 radical (unpaired) electrons. The van der Waals surface area contributed by atoms with Gasteiger partial charge in [-0.25, -0.2) is 4.68 Å². The number of hydrogen-bond donors (Lipinski definition) is 1. The normalized spacial score (nSPS) is 11.0. The Morgan fingerprint density at radius 1 is 1.26 bits per heavy atom. The van der Waals surface area contributed by atoms with Gasteiger partial charge in [-0.05, 0) is 19.1 Å². The van der Waals surface area contributed by atoms with Crippen LogP contribution in [0.4, 0.5) is 0 Å². The molecule has 2 aromatic rings. The fraction of sp³-hybridized carbons (Fsp3) is 0.400. The maximum absolute atomic E-state index is 5.54. The molecule has 0 aliphatic rings. The van der Waals surface area contributed by atoms with Crippen molar-refractivity contribution in [2.24, 2.45) is 0 Å². The Bertz CT molecular complexity index is 532. The number of methoxy groups -OCH3 is 1. The van der Waals surface area contributed by atoms with Crippen molar-refractivity contribution in [3.05, 3.63) is 41.6 Å². The van der Waals surface area contributed by atoms with E-state index in [1.807, 2.05) is 41.9 Å². The largest absolute Gasteiger partial charge is 0.481 e. The molecular weight excluding hydrogens is 238 g/mol. The van der Waals surface area contributed by atoms with Crippen LogP contribution in [0.15, 0.2) is 30.3 Å². The Morgan fingerprint density at radius 2 is 1.95 bits per heavy atom. The van der Waals surface area contributed by atoms with E-state index in [-0.39, 0.29) is 0 Å². The van der Waals surface area contributed by atoms with Gasteiger partial charge in [0.05, 0.1) is 24.1 Å². The minimum atomic E-state index is 0.434. The highest BCUT2D eigenvalue weighted by Crippen LogP contribution is 2.25. The summed E-state index contributed by atoms with van der Waals surface area (Å²) in [6, 6.07) is 10.5. The minimum absolute atomic E-state index is 0.434. The van der Waals surface area contributed by atoms with E-state index in [1.54, 1.807) is 7.11 Å². The van der Waals surface area contributed by atoms with Crippen LogP contribution < -0.4 is 10.1 Å². The lowest BCUT2D eigenvalue weighted by atomic mass is 10.2. The first-order valence-corrected chi connectivity index (χ1v) is 6.54. The van der Waals surface area contributed by atoms with Crippen molar-refractivity contribution in [2.45, 2.75) is 33.4 Å². The number of benzene rings is 1. The molecule has 0 fully saturated rings. The highest BCUT2D eigenvalue weighted by molar-refractivity contribution is 5.41. The van der Waals surface area contributed by atoms with Gasteiger partial charge in [-0.15, -0.1) is 0 Å². The lowest BCUT2D eigenvalue weighted by molar-refractivity contribution is 0.377. The second kappa shape index (κ2) is 5.89. The van der Waals surface area contributed by atoms with Crippen LogP contribution in [0.5, 0.6) is 5.88 Å². The molecule has 2 rings (SSSR count). The van der Waals surface area contributed by atoms with Crippen LogP contribution in [-0.4, -0.2) is 22.9 Å². The molecule has 102 valence electrons. The number of para-hydroxylation sites is 1. The third-order valence-corrected chi connectivity index (χ3v) is 3.02. The van der Waals surface area contributed by atoms with Crippen molar-refractivity contribution < 1.29 is 4.74 Å². The molecule has 0 amide bonds. The Balaban J connectivity index is 2.38. The highest BCUT2D eigenvalue weighted by Gasteiger charge is 2.16. The number of nitrogens with one attached hydrogen (secondary N) is 1. The van der Waals surface area contributed by atoms with Crippen LogP contribution >= 0.6 is 0 Å². The van der Waals surface area contributed by atoms with E-state index in [1.165, 1.54) is 0 Å². The fourth-order valence-corrected chi connectivity index (χ4v) is 2.00. The van der Waals surface area contributed by atoms with Crippen LogP contribution in [0.2, 0.25) is 0 Å². The second-order valence-corrected chi connectivity index (χ2v) is 4.86. The molecule has 1 aromatic heterocycles. The number of rotatable bonds is 5. The van der Waals surface area contributed by atoms with Gasteiger partial charge in [0.1, 0.15) is 0 Å². The van der Waals surface area contributed by atoms with Crippen molar-refractivity contribution in [2.75, 3.05) is 7.11 Å². The monoisotopic (exact) mass is 259 g/mol. The van der Waals surface area contributed by atoms with Gasteiger partial charge >= 0.3 is 0 Å². The van der Waals surface area contributed by atoms with E-state index >= 15 is 0 Å². The third-order valence-electron chi connectivity index (χ3n) is 3.02. The third kappa shape index (κ3) is 2.96. The molecule has 1 N–H and O–H groups in total. The number of aryl methyl sites for hydroxylation is 1. The first-order valence-electron chi connectivity index (χ1n) is 6.54. The maximum Gasteiger partial charge on any atom is 0.221 e. The molecule has 19 heavy (non-hydrogen) atoms. The predicted molar refractivity (Wildman–Crippen MR) is 76.8 cm³/mol. The van der Waals surface area contributed by atoms with Crippen molar-refractivity contribution >= 4 is 0 Å². The van der Waals surface area contributed by atoms with Gasteiger partial charge in [-0.2, -0.15) is 5.10 Å². The van der Waals surface area contributed by atoms with E-state index in [0.717, 1.165) is 29.4 Å². The number of aromatic nitrogens is 2. The predicted octanol–water partition coefficient (Wildman–Crippen LogP) is 2.69. The van der Waals surface area contributed by atoms with Crippen molar-refractivity contribution in [3.8, 4) is 11.6 Å². The van der Waals surface area contributed by atoms with Crippen LogP contribution in [0.1, 0.15) is 25.1 Å². The van der Waals surface area contributed by atoms with Crippen molar-refractivity contribution in [3.63, 3.8) is 0 Å². The number of hydrogen-bond acceptors (Lipinski definition) is 3. The molecular formula is C15H21N3O. The zero-order valence-corrected chi connectivity index (χ0v) is 12.0. The van der Waals surface area contributed by atoms with Gasteiger partial charge < -0.3 is 10.1 Å². The fourth-order valence-electron chi connectivity index (χ4n) is 2.00. The zero-order chi connectivity index (χ0) is 13.8. The summed E-state index contributed by atoms with van der Waals surface area (Å²) in [5.41, 5.74) is 3.12. The van der Waals surface area contributed by atoms with Gasteiger partial charge in [-0.3, -0.25) is 0 Å². The van der Waals surface area contributed by atoms with E-state index in [2.05, 4.69) is 24.3 Å². The summed E-state index contributed by atoms with van der Waals surface area (Å²) in [5.74, 6) is 0.803. The Labute approximate surface area is 114 Å². The average Bonchev–Trinajstić information content (AvgIpc) is 2.73. The standard InChI is InChI=1S/C15H21N3O/c1-11(2)16-10-14-12(3)17-18(15(14)19-4)13-8-6-5-7-9-13/h5-9,11,16H,10H2,1-4H3. The van der Waals surface area contributed by atoms with Crippen LogP contribution in [0.25, 0.3) is 5.69 Å². The second-order valence-electron chi connectivity index (χ2n) is 4.86. The molecule has 1 heterocycles. The van der Waals surface area contributed by atoms with Gasteiger partial charge in [0.25, 0.3) is 0 Å². The summed E-state index contributed by atoms with van der Waals surface area (Å²) in [7, 11) is 1.69. The maximum atomic E-state index is 5.54.